The predicted octanol–water partition coefficient (Wildman–Crippen LogP) is -1.87. The summed E-state index contributed by atoms with van der Waals surface area (Å²) in [6, 6.07) is 0. The Morgan fingerprint density at radius 3 is 2.58 bits per heavy atom. The van der Waals surface area contributed by atoms with Gasteiger partial charge in [0.25, 0.3) is 0 Å². The third kappa shape index (κ3) is 3.49. The topological polar surface area (TPSA) is 128 Å². The minimum atomic E-state index is -1.46. The van der Waals surface area contributed by atoms with Crippen LogP contribution in [0.25, 0.3) is 0 Å². The van der Waals surface area contributed by atoms with Gasteiger partial charge in [0.15, 0.2) is 6.29 Å². The normalized spacial score (nSPS) is 44.0. The largest absolute Gasteiger partial charge is 0.394 e. The molecule has 8 nitrogen and oxygen atoms in total. The molecule has 136 valence electrons. The van der Waals surface area contributed by atoms with Crippen LogP contribution in [0.15, 0.2) is 12.2 Å². The van der Waals surface area contributed by atoms with E-state index >= 15 is 0 Å². The molecular formula is C16H25NO7. The van der Waals surface area contributed by atoms with Gasteiger partial charge in [-0.2, -0.15) is 0 Å². The summed E-state index contributed by atoms with van der Waals surface area (Å²) in [5.74, 6) is 0.883. The van der Waals surface area contributed by atoms with Crippen LogP contribution in [-0.2, 0) is 14.3 Å². The van der Waals surface area contributed by atoms with E-state index in [0.717, 1.165) is 12.8 Å². The summed E-state index contributed by atoms with van der Waals surface area (Å²) < 4.78 is 10.6. The molecular weight excluding hydrogens is 318 g/mol. The van der Waals surface area contributed by atoms with Crippen molar-refractivity contribution in [2.75, 3.05) is 19.8 Å². The van der Waals surface area contributed by atoms with Crippen LogP contribution < -0.4 is 5.32 Å². The number of ether oxygens (including phenoxy) is 2. The van der Waals surface area contributed by atoms with Crippen molar-refractivity contribution in [1.29, 1.82) is 0 Å². The van der Waals surface area contributed by atoms with Crippen LogP contribution in [-0.4, -0.2) is 76.8 Å². The molecule has 8 heteroatoms. The molecule has 3 rings (SSSR count). The first kappa shape index (κ1) is 17.8. The van der Waals surface area contributed by atoms with Gasteiger partial charge in [-0.25, -0.2) is 0 Å². The number of allylic oxidation sites excluding steroid dienone is 2. The quantitative estimate of drug-likeness (QED) is 0.282. The predicted molar refractivity (Wildman–Crippen MR) is 81.6 cm³/mol. The number of aliphatic hydroxyl groups excluding tert-OH is 4. The average Bonchev–Trinajstić information content (AvgIpc) is 3.21. The number of rotatable bonds is 6. The lowest BCUT2D eigenvalue weighted by Crippen LogP contribution is -2.59. The molecule has 3 aliphatic rings. The molecule has 2 bridgehead atoms. The maximum Gasteiger partial charge on any atom is 0.223 e. The number of hydrogen-bond donors (Lipinski definition) is 5. The molecule has 2 fully saturated rings. The highest BCUT2D eigenvalue weighted by molar-refractivity contribution is 5.79. The van der Waals surface area contributed by atoms with Crippen LogP contribution >= 0.6 is 0 Å². The van der Waals surface area contributed by atoms with Crippen molar-refractivity contribution in [2.45, 2.75) is 43.5 Å². The zero-order chi connectivity index (χ0) is 17.3. The highest BCUT2D eigenvalue weighted by Crippen LogP contribution is 2.43. The Balaban J connectivity index is 1.40. The minimum absolute atomic E-state index is 0.00394. The van der Waals surface area contributed by atoms with Gasteiger partial charge < -0.3 is 35.2 Å². The molecule has 2 aliphatic carbocycles. The summed E-state index contributed by atoms with van der Waals surface area (Å²) >= 11 is 0. The van der Waals surface area contributed by atoms with Crippen LogP contribution in [0.4, 0.5) is 0 Å². The van der Waals surface area contributed by atoms with E-state index in [4.69, 9.17) is 14.6 Å². The van der Waals surface area contributed by atoms with Crippen LogP contribution in [0.5, 0.6) is 0 Å². The Morgan fingerprint density at radius 1 is 1.17 bits per heavy atom. The van der Waals surface area contributed by atoms with Crippen LogP contribution in [0, 0.1) is 17.8 Å². The number of aliphatic hydroxyl groups is 4. The van der Waals surface area contributed by atoms with Gasteiger partial charge in [-0.1, -0.05) is 12.2 Å². The fourth-order valence-corrected chi connectivity index (χ4v) is 3.77. The molecule has 24 heavy (non-hydrogen) atoms. The van der Waals surface area contributed by atoms with Crippen molar-refractivity contribution in [2.24, 2.45) is 17.8 Å². The third-order valence-electron chi connectivity index (χ3n) is 5.15. The van der Waals surface area contributed by atoms with Crippen molar-refractivity contribution in [1.82, 2.24) is 5.32 Å². The molecule has 0 radical (unpaired) electrons. The lowest BCUT2D eigenvalue weighted by atomic mass is 9.93. The number of carbonyl (C=O) groups excluding carboxylic acids is 1. The monoisotopic (exact) mass is 343 g/mol. The standard InChI is InChI=1S/C16H25NO7/c18-7-11-12(19)13(20)14(21)16(24-11)23-4-3-17-15(22)10-6-8-1-2-9(10)5-8/h1-2,8-14,16,18-21H,3-7H2,(H,17,22)/t8-,9+,10?,11-,12+,13+,14-,16-/m1/s1. The van der Waals surface area contributed by atoms with E-state index in [1.165, 1.54) is 0 Å². The summed E-state index contributed by atoms with van der Waals surface area (Å²) in [5.41, 5.74) is 0. The summed E-state index contributed by atoms with van der Waals surface area (Å²) in [7, 11) is 0. The van der Waals surface area contributed by atoms with Gasteiger partial charge in [-0.3, -0.25) is 4.79 Å². The Labute approximate surface area is 140 Å². The Kier molecular flexibility index (Phi) is 5.53. The fourth-order valence-electron chi connectivity index (χ4n) is 3.77. The first-order valence-corrected chi connectivity index (χ1v) is 8.39. The third-order valence-corrected chi connectivity index (χ3v) is 5.15. The molecule has 0 aromatic carbocycles. The maximum atomic E-state index is 12.2. The minimum Gasteiger partial charge on any atom is -0.394 e. The smallest absolute Gasteiger partial charge is 0.223 e. The fraction of sp³-hybridized carbons (Fsp3) is 0.812. The molecule has 8 atom stereocenters. The van der Waals surface area contributed by atoms with Gasteiger partial charge in [0.05, 0.1) is 13.2 Å². The highest BCUT2D eigenvalue weighted by Gasteiger charge is 2.44. The number of hydrogen-bond acceptors (Lipinski definition) is 7. The number of carbonyl (C=O) groups is 1. The van der Waals surface area contributed by atoms with E-state index < -0.39 is 37.3 Å². The average molecular weight is 343 g/mol. The van der Waals surface area contributed by atoms with Crippen LogP contribution in [0.2, 0.25) is 0 Å². The van der Waals surface area contributed by atoms with E-state index in [2.05, 4.69) is 17.5 Å². The molecule has 5 N–H and O–H groups in total. The number of amides is 1. The second-order valence-corrected chi connectivity index (χ2v) is 6.75. The van der Waals surface area contributed by atoms with E-state index in [-0.39, 0.29) is 25.0 Å². The lowest BCUT2D eigenvalue weighted by molar-refractivity contribution is -0.300. The molecule has 1 saturated heterocycles. The number of fused-ring (bicyclic) bond motifs is 2. The van der Waals surface area contributed by atoms with E-state index in [9.17, 15) is 20.1 Å². The lowest BCUT2D eigenvalue weighted by Gasteiger charge is -2.39. The number of nitrogens with one attached hydrogen (secondary N) is 1. The molecule has 1 saturated carbocycles. The van der Waals surface area contributed by atoms with E-state index in [1.54, 1.807) is 0 Å². The Bertz CT molecular complexity index is 483. The summed E-state index contributed by atoms with van der Waals surface area (Å²) in [6.45, 7) is -0.157. The second-order valence-electron chi connectivity index (χ2n) is 6.75. The molecule has 1 unspecified atom stereocenters. The zero-order valence-electron chi connectivity index (χ0n) is 13.3. The Morgan fingerprint density at radius 2 is 1.96 bits per heavy atom. The molecule has 0 aromatic heterocycles. The van der Waals surface area contributed by atoms with Gasteiger partial charge >= 0.3 is 0 Å². The summed E-state index contributed by atoms with van der Waals surface area (Å²) in [5, 5.41) is 41.1. The van der Waals surface area contributed by atoms with Gasteiger partial charge in [0, 0.05) is 12.5 Å². The van der Waals surface area contributed by atoms with Gasteiger partial charge in [-0.05, 0) is 24.7 Å². The highest BCUT2D eigenvalue weighted by atomic mass is 16.7. The van der Waals surface area contributed by atoms with E-state index in [1.807, 2.05) is 0 Å². The van der Waals surface area contributed by atoms with Gasteiger partial charge in [0.1, 0.15) is 24.4 Å². The molecule has 0 aromatic rings. The second kappa shape index (κ2) is 7.47. The first-order chi connectivity index (χ1) is 11.5. The molecule has 1 amide bonds. The van der Waals surface area contributed by atoms with Crippen molar-refractivity contribution in [3.8, 4) is 0 Å². The van der Waals surface area contributed by atoms with Crippen molar-refractivity contribution in [3.63, 3.8) is 0 Å². The first-order valence-electron chi connectivity index (χ1n) is 8.39. The van der Waals surface area contributed by atoms with Crippen molar-refractivity contribution >= 4 is 5.91 Å². The van der Waals surface area contributed by atoms with E-state index in [0.29, 0.717) is 11.8 Å². The Hall–Kier alpha value is -1.03. The van der Waals surface area contributed by atoms with Crippen LogP contribution in [0.1, 0.15) is 12.8 Å². The van der Waals surface area contributed by atoms with Gasteiger partial charge in [0.2, 0.25) is 5.91 Å². The van der Waals surface area contributed by atoms with Crippen molar-refractivity contribution in [3.05, 3.63) is 12.2 Å². The van der Waals surface area contributed by atoms with Crippen LogP contribution in [0.3, 0.4) is 0 Å². The van der Waals surface area contributed by atoms with Gasteiger partial charge in [-0.15, -0.1) is 0 Å². The SMILES string of the molecule is O=C(NCCO[C@@H]1O[C@H](CO)[C@H](O)[C@H](O)[C@H]1O)C1C[C@@H]2C=C[C@H]1C2. The molecule has 1 heterocycles. The molecule has 1 aliphatic heterocycles. The summed E-state index contributed by atoms with van der Waals surface area (Å²) in [6.07, 6.45) is -0.216. The van der Waals surface area contributed by atoms with Crippen molar-refractivity contribution < 1.29 is 34.7 Å². The zero-order valence-corrected chi connectivity index (χ0v) is 13.3. The molecule has 0 spiro atoms. The maximum absolute atomic E-state index is 12.2. The summed E-state index contributed by atoms with van der Waals surface area (Å²) in [4.78, 5) is 12.2.